The summed E-state index contributed by atoms with van der Waals surface area (Å²) in [5, 5.41) is 8.76. The molecule has 2 aliphatic heterocycles. The zero-order chi connectivity index (χ0) is 13.4. The predicted molar refractivity (Wildman–Crippen MR) is 70.4 cm³/mol. The first-order chi connectivity index (χ1) is 9.22. The van der Waals surface area contributed by atoms with Crippen molar-refractivity contribution in [2.75, 3.05) is 31.1 Å². The van der Waals surface area contributed by atoms with Crippen LogP contribution in [0.4, 0.5) is 5.82 Å². The molecule has 0 spiro atoms. The highest BCUT2D eigenvalue weighted by Gasteiger charge is 2.45. The summed E-state index contributed by atoms with van der Waals surface area (Å²) in [4.78, 5) is 20.5. The van der Waals surface area contributed by atoms with Crippen LogP contribution in [0.3, 0.4) is 0 Å². The van der Waals surface area contributed by atoms with Crippen molar-refractivity contribution in [3.63, 3.8) is 0 Å². The van der Waals surface area contributed by atoms with Crippen molar-refractivity contribution >= 4 is 11.7 Å². The summed E-state index contributed by atoms with van der Waals surface area (Å²) >= 11 is 0. The van der Waals surface area contributed by atoms with E-state index in [2.05, 4.69) is 16.0 Å². The molecule has 5 nitrogen and oxygen atoms in total. The Kier molecular flexibility index (Phi) is 2.86. The zero-order valence-electron chi connectivity index (χ0n) is 10.9. The molecule has 0 unspecified atom stereocenters. The normalized spacial score (nSPS) is 25.6. The van der Waals surface area contributed by atoms with Crippen molar-refractivity contribution in [1.29, 1.82) is 5.26 Å². The van der Waals surface area contributed by atoms with E-state index in [1.165, 1.54) is 0 Å². The van der Waals surface area contributed by atoms with Crippen LogP contribution >= 0.6 is 0 Å². The van der Waals surface area contributed by atoms with E-state index in [9.17, 15) is 4.79 Å². The zero-order valence-corrected chi connectivity index (χ0v) is 10.9. The summed E-state index contributed by atoms with van der Waals surface area (Å²) in [6, 6.07) is 5.70. The highest BCUT2D eigenvalue weighted by molar-refractivity contribution is 5.83. The van der Waals surface area contributed by atoms with Gasteiger partial charge in [-0.1, -0.05) is 0 Å². The second-order valence-corrected chi connectivity index (χ2v) is 5.17. The number of likely N-dealkylation sites (tertiary alicyclic amines) is 1. The molecule has 2 atom stereocenters. The van der Waals surface area contributed by atoms with E-state index in [1.807, 2.05) is 17.9 Å². The van der Waals surface area contributed by atoms with Crippen molar-refractivity contribution in [3.8, 4) is 6.07 Å². The molecule has 5 heteroatoms. The van der Waals surface area contributed by atoms with Gasteiger partial charge in [0.1, 0.15) is 11.9 Å². The maximum Gasteiger partial charge on any atom is 0.227 e. The second kappa shape index (κ2) is 4.54. The van der Waals surface area contributed by atoms with E-state index < -0.39 is 0 Å². The molecular formula is C14H16N4O. The van der Waals surface area contributed by atoms with Gasteiger partial charge < -0.3 is 9.80 Å². The monoisotopic (exact) mass is 256 g/mol. The second-order valence-electron chi connectivity index (χ2n) is 5.17. The fraction of sp³-hybridized carbons (Fsp3) is 0.500. The summed E-state index contributed by atoms with van der Waals surface area (Å²) in [6.07, 6.45) is 1.59. The number of amides is 1. The lowest BCUT2D eigenvalue weighted by atomic mass is 10.0. The molecule has 2 aliphatic rings. The van der Waals surface area contributed by atoms with Gasteiger partial charge in [-0.05, 0) is 19.1 Å². The number of aromatic nitrogens is 1. The minimum absolute atomic E-state index is 0.123. The molecule has 19 heavy (non-hydrogen) atoms. The Morgan fingerprint density at radius 1 is 1.42 bits per heavy atom. The SMILES string of the molecule is CCN1C[C@@H]2CN(c3ccc(C#N)cn3)C[C@@H]2C1=O. The van der Waals surface area contributed by atoms with Crippen LogP contribution in [0.5, 0.6) is 0 Å². The first-order valence-corrected chi connectivity index (χ1v) is 6.62. The Bertz CT molecular complexity index is 533. The Labute approximate surface area is 112 Å². The summed E-state index contributed by atoms with van der Waals surface area (Å²) in [5.74, 6) is 1.69. The Balaban J connectivity index is 1.74. The molecule has 1 amide bonds. The highest BCUT2D eigenvalue weighted by atomic mass is 16.2. The average Bonchev–Trinajstić information content (AvgIpc) is 2.99. The van der Waals surface area contributed by atoms with Gasteiger partial charge in [0.15, 0.2) is 0 Å². The molecule has 2 saturated heterocycles. The van der Waals surface area contributed by atoms with Gasteiger partial charge in [0.25, 0.3) is 0 Å². The smallest absolute Gasteiger partial charge is 0.227 e. The van der Waals surface area contributed by atoms with Gasteiger partial charge >= 0.3 is 0 Å². The molecule has 2 fully saturated rings. The molecular weight excluding hydrogens is 240 g/mol. The van der Waals surface area contributed by atoms with Crippen molar-refractivity contribution in [1.82, 2.24) is 9.88 Å². The number of carbonyl (C=O) groups excluding carboxylic acids is 1. The molecule has 0 aromatic carbocycles. The van der Waals surface area contributed by atoms with Crippen LogP contribution in [-0.2, 0) is 4.79 Å². The van der Waals surface area contributed by atoms with Gasteiger partial charge in [0.05, 0.1) is 11.5 Å². The van der Waals surface area contributed by atoms with Crippen molar-refractivity contribution in [2.45, 2.75) is 6.92 Å². The van der Waals surface area contributed by atoms with Crippen LogP contribution < -0.4 is 4.90 Å². The third kappa shape index (κ3) is 1.93. The molecule has 98 valence electrons. The van der Waals surface area contributed by atoms with E-state index in [1.54, 1.807) is 12.3 Å². The lowest BCUT2D eigenvalue weighted by Crippen LogP contribution is -2.32. The van der Waals surface area contributed by atoms with Gasteiger partial charge in [-0.3, -0.25) is 4.79 Å². The minimum Gasteiger partial charge on any atom is -0.355 e. The van der Waals surface area contributed by atoms with Gasteiger partial charge in [0, 0.05) is 38.3 Å². The van der Waals surface area contributed by atoms with Gasteiger partial charge in [-0.15, -0.1) is 0 Å². The Morgan fingerprint density at radius 2 is 2.26 bits per heavy atom. The first kappa shape index (κ1) is 12.0. The van der Waals surface area contributed by atoms with Crippen LogP contribution in [-0.4, -0.2) is 42.0 Å². The summed E-state index contributed by atoms with van der Waals surface area (Å²) in [5.41, 5.74) is 0.566. The van der Waals surface area contributed by atoms with Crippen molar-refractivity contribution in [3.05, 3.63) is 23.9 Å². The fourth-order valence-electron chi connectivity index (χ4n) is 3.05. The number of rotatable bonds is 2. The number of anilines is 1. The minimum atomic E-state index is 0.123. The molecule has 0 saturated carbocycles. The topological polar surface area (TPSA) is 60.2 Å². The number of hydrogen-bond donors (Lipinski definition) is 0. The van der Waals surface area contributed by atoms with Crippen molar-refractivity contribution in [2.24, 2.45) is 11.8 Å². The molecule has 3 heterocycles. The fourth-order valence-corrected chi connectivity index (χ4v) is 3.05. The highest BCUT2D eigenvalue weighted by Crippen LogP contribution is 2.33. The molecule has 3 rings (SSSR count). The average molecular weight is 256 g/mol. The predicted octanol–water partition coefficient (Wildman–Crippen LogP) is 0.868. The number of pyridine rings is 1. The number of hydrogen-bond acceptors (Lipinski definition) is 4. The van der Waals surface area contributed by atoms with Gasteiger partial charge in [0.2, 0.25) is 5.91 Å². The van der Waals surface area contributed by atoms with Crippen LogP contribution in [0.1, 0.15) is 12.5 Å². The Morgan fingerprint density at radius 3 is 2.84 bits per heavy atom. The van der Waals surface area contributed by atoms with E-state index in [-0.39, 0.29) is 11.8 Å². The maximum atomic E-state index is 12.1. The van der Waals surface area contributed by atoms with Crippen LogP contribution in [0.25, 0.3) is 0 Å². The molecule has 1 aromatic heterocycles. The summed E-state index contributed by atoms with van der Waals surface area (Å²) < 4.78 is 0. The van der Waals surface area contributed by atoms with Crippen LogP contribution in [0, 0.1) is 23.2 Å². The van der Waals surface area contributed by atoms with E-state index in [0.29, 0.717) is 11.5 Å². The number of carbonyl (C=O) groups is 1. The van der Waals surface area contributed by atoms with E-state index in [4.69, 9.17) is 5.26 Å². The molecule has 0 N–H and O–H groups in total. The maximum absolute atomic E-state index is 12.1. The summed E-state index contributed by atoms with van der Waals surface area (Å²) in [6.45, 7) is 5.33. The lowest BCUT2D eigenvalue weighted by molar-refractivity contribution is -0.130. The third-order valence-corrected chi connectivity index (χ3v) is 4.11. The third-order valence-electron chi connectivity index (χ3n) is 4.11. The Hall–Kier alpha value is -2.09. The van der Waals surface area contributed by atoms with Gasteiger partial charge in [-0.2, -0.15) is 5.26 Å². The molecule has 1 aromatic rings. The van der Waals surface area contributed by atoms with Crippen molar-refractivity contribution < 1.29 is 4.79 Å². The number of nitriles is 1. The number of fused-ring (bicyclic) bond motifs is 1. The molecule has 0 bridgehead atoms. The quantitative estimate of drug-likeness (QED) is 0.787. The summed E-state index contributed by atoms with van der Waals surface area (Å²) in [7, 11) is 0. The number of nitrogens with zero attached hydrogens (tertiary/aromatic N) is 4. The lowest BCUT2D eigenvalue weighted by Gasteiger charge is -2.21. The largest absolute Gasteiger partial charge is 0.355 e. The van der Waals surface area contributed by atoms with Crippen LogP contribution in [0.15, 0.2) is 18.3 Å². The molecule has 0 radical (unpaired) electrons. The van der Waals surface area contributed by atoms with E-state index in [0.717, 1.165) is 32.0 Å². The van der Waals surface area contributed by atoms with Crippen LogP contribution in [0.2, 0.25) is 0 Å². The van der Waals surface area contributed by atoms with Gasteiger partial charge in [-0.25, -0.2) is 4.98 Å². The first-order valence-electron chi connectivity index (χ1n) is 6.62. The van der Waals surface area contributed by atoms with E-state index >= 15 is 0 Å². The molecule has 0 aliphatic carbocycles. The standard InChI is InChI=1S/C14H16N4O/c1-2-17-7-11-8-18(9-12(11)14(17)19)13-4-3-10(5-15)6-16-13/h3-4,6,11-12H,2,7-9H2,1H3/t11-,12+/m1/s1.